The quantitative estimate of drug-likeness (QED) is 0.515. The van der Waals surface area contributed by atoms with Crippen LogP contribution in [0, 0.1) is 11.6 Å². The Morgan fingerprint density at radius 1 is 1.32 bits per heavy atom. The zero-order valence-electron chi connectivity index (χ0n) is 11.2. The first kappa shape index (κ1) is 15.0. The maximum atomic E-state index is 14.0. The van der Waals surface area contributed by atoms with Gasteiger partial charge in [0.2, 0.25) is 0 Å². The van der Waals surface area contributed by atoms with Crippen LogP contribution in [0.15, 0.2) is 23.4 Å². The lowest BCUT2D eigenvalue weighted by Crippen LogP contribution is -2.43. The number of rotatable bonds is 2. The summed E-state index contributed by atoms with van der Waals surface area (Å²) in [4.78, 5) is 21.2. The molecule has 9 heteroatoms. The number of nitrogens with one attached hydrogen (secondary N) is 1. The Kier molecular flexibility index (Phi) is 3.88. The van der Waals surface area contributed by atoms with Gasteiger partial charge < -0.3 is 5.32 Å². The van der Waals surface area contributed by atoms with E-state index in [1.54, 1.807) is 6.26 Å². The summed E-state index contributed by atoms with van der Waals surface area (Å²) >= 11 is 7.29. The minimum atomic E-state index is -0.872. The van der Waals surface area contributed by atoms with E-state index in [1.807, 2.05) is 0 Å². The number of anilines is 2. The van der Waals surface area contributed by atoms with Gasteiger partial charge in [-0.1, -0.05) is 29.4 Å². The maximum Gasteiger partial charge on any atom is 0.328 e. The molecule has 1 aromatic heterocycles. The number of hydrogen-bond acceptors (Lipinski definition) is 4. The molecule has 114 valence electrons. The molecular formula is C13H9ClF2N4OS. The van der Waals surface area contributed by atoms with Crippen molar-refractivity contribution in [2.75, 3.05) is 11.2 Å². The Balaban J connectivity index is 2.26. The number of aromatic nitrogens is 2. The molecule has 0 saturated heterocycles. The van der Waals surface area contributed by atoms with Gasteiger partial charge in [0, 0.05) is 0 Å². The molecule has 1 aliphatic rings. The molecule has 0 aliphatic carbocycles. The minimum absolute atomic E-state index is 0.0806. The lowest BCUT2D eigenvalue weighted by atomic mass is 10.2. The van der Waals surface area contributed by atoms with Crippen LogP contribution in [0.25, 0.3) is 0 Å². The van der Waals surface area contributed by atoms with Crippen LogP contribution in [0.1, 0.15) is 5.56 Å². The fourth-order valence-corrected chi connectivity index (χ4v) is 2.75. The fraction of sp³-hybridized carbons (Fsp3) is 0.154. The summed E-state index contributed by atoms with van der Waals surface area (Å²) < 4.78 is 28.1. The first-order valence-corrected chi connectivity index (χ1v) is 7.75. The van der Waals surface area contributed by atoms with Gasteiger partial charge in [-0.15, -0.1) is 0 Å². The third-order valence-corrected chi connectivity index (χ3v) is 3.95. The van der Waals surface area contributed by atoms with Crippen LogP contribution in [-0.4, -0.2) is 22.3 Å². The number of carbonyl (C=O) groups excluding carboxylic acids is 1. The van der Waals surface area contributed by atoms with Crippen LogP contribution in [0.5, 0.6) is 0 Å². The summed E-state index contributed by atoms with van der Waals surface area (Å²) in [5, 5.41) is 2.94. The number of carbonyl (C=O) groups is 1. The van der Waals surface area contributed by atoms with E-state index in [-0.39, 0.29) is 17.5 Å². The number of urea groups is 1. The van der Waals surface area contributed by atoms with Crippen LogP contribution in [0.3, 0.4) is 0 Å². The van der Waals surface area contributed by atoms with Crippen molar-refractivity contribution in [3.63, 3.8) is 0 Å². The molecule has 0 unspecified atom stereocenters. The predicted octanol–water partition coefficient (Wildman–Crippen LogP) is 3.49. The average Bonchev–Trinajstić information content (AvgIpc) is 2.48. The van der Waals surface area contributed by atoms with Crippen LogP contribution < -0.4 is 10.2 Å². The van der Waals surface area contributed by atoms with E-state index in [9.17, 15) is 13.6 Å². The molecule has 1 N–H and O–H groups in total. The molecular weight excluding hydrogens is 334 g/mol. The Morgan fingerprint density at radius 3 is 2.64 bits per heavy atom. The van der Waals surface area contributed by atoms with E-state index >= 15 is 0 Å². The maximum absolute atomic E-state index is 14.0. The molecule has 1 aliphatic heterocycles. The zero-order valence-corrected chi connectivity index (χ0v) is 12.8. The molecule has 2 aromatic rings. The van der Waals surface area contributed by atoms with E-state index < -0.39 is 23.4 Å². The van der Waals surface area contributed by atoms with E-state index in [0.29, 0.717) is 10.7 Å². The second-order valence-electron chi connectivity index (χ2n) is 4.37. The lowest BCUT2D eigenvalue weighted by Gasteiger charge is -2.29. The fourth-order valence-electron chi connectivity index (χ4n) is 2.10. The van der Waals surface area contributed by atoms with Crippen molar-refractivity contribution in [1.82, 2.24) is 15.3 Å². The number of benzene rings is 1. The highest BCUT2D eigenvalue weighted by Crippen LogP contribution is 2.36. The smallest absolute Gasteiger partial charge is 0.328 e. The van der Waals surface area contributed by atoms with Gasteiger partial charge in [-0.25, -0.2) is 28.4 Å². The average molecular weight is 343 g/mol. The van der Waals surface area contributed by atoms with Gasteiger partial charge in [0.05, 0.1) is 12.1 Å². The molecule has 0 spiro atoms. The predicted molar refractivity (Wildman–Crippen MR) is 79.6 cm³/mol. The Morgan fingerprint density at radius 2 is 2.00 bits per heavy atom. The third-order valence-electron chi connectivity index (χ3n) is 3.09. The Bertz CT molecular complexity index is 754. The second-order valence-corrected chi connectivity index (χ2v) is 5.50. The largest absolute Gasteiger partial charge is 0.333 e. The van der Waals surface area contributed by atoms with E-state index in [2.05, 4.69) is 15.3 Å². The molecule has 2 amide bonds. The molecule has 0 saturated carbocycles. The van der Waals surface area contributed by atoms with Crippen molar-refractivity contribution in [3.8, 4) is 0 Å². The molecule has 0 fully saturated rings. The van der Waals surface area contributed by atoms with Crippen molar-refractivity contribution in [2.45, 2.75) is 11.7 Å². The topological polar surface area (TPSA) is 58.1 Å². The van der Waals surface area contributed by atoms with Gasteiger partial charge in [0.1, 0.15) is 22.5 Å². The molecule has 0 radical (unpaired) electrons. The van der Waals surface area contributed by atoms with Crippen LogP contribution in [0.2, 0.25) is 5.15 Å². The standard InChI is InChI=1S/C13H9ClF2N4OS/c1-22-12-18-10(14)6-5-17-13(21)20(11(6)19-12)9-7(15)3-2-4-8(9)16/h2-4H,5H2,1H3,(H,17,21). The molecule has 3 rings (SSSR count). The second kappa shape index (κ2) is 5.69. The van der Waals surface area contributed by atoms with Gasteiger partial charge in [-0.3, -0.25) is 0 Å². The third kappa shape index (κ3) is 2.38. The van der Waals surface area contributed by atoms with Gasteiger partial charge >= 0.3 is 6.03 Å². The molecule has 22 heavy (non-hydrogen) atoms. The van der Waals surface area contributed by atoms with Gasteiger partial charge in [-0.05, 0) is 18.4 Å². The summed E-state index contributed by atoms with van der Waals surface area (Å²) in [6, 6.07) is 2.67. The SMILES string of the molecule is CSc1nc(Cl)c2c(n1)N(c1c(F)cccc1F)C(=O)NC2. The number of para-hydroxylation sites is 1. The summed E-state index contributed by atoms with van der Waals surface area (Å²) in [6.07, 6.45) is 1.73. The number of thioether (sulfide) groups is 1. The zero-order chi connectivity index (χ0) is 15.9. The number of hydrogen-bond donors (Lipinski definition) is 1. The summed E-state index contributed by atoms with van der Waals surface area (Å²) in [5.74, 6) is -1.66. The van der Waals surface area contributed by atoms with Crippen LogP contribution in [-0.2, 0) is 6.54 Å². The Labute approximate surface area is 133 Å². The first-order valence-electron chi connectivity index (χ1n) is 6.15. The number of amides is 2. The van der Waals surface area contributed by atoms with Gasteiger partial charge in [0.25, 0.3) is 0 Å². The van der Waals surface area contributed by atoms with Gasteiger partial charge in [-0.2, -0.15) is 0 Å². The van der Waals surface area contributed by atoms with Crippen molar-refractivity contribution >= 4 is 40.9 Å². The molecule has 0 atom stereocenters. The highest BCUT2D eigenvalue weighted by molar-refractivity contribution is 7.98. The number of halogens is 3. The lowest BCUT2D eigenvalue weighted by molar-refractivity contribution is 0.246. The summed E-state index contributed by atoms with van der Waals surface area (Å²) in [5.41, 5.74) is -0.0931. The highest BCUT2D eigenvalue weighted by Gasteiger charge is 2.33. The molecule has 5 nitrogen and oxygen atoms in total. The van der Waals surface area contributed by atoms with E-state index in [0.717, 1.165) is 17.0 Å². The van der Waals surface area contributed by atoms with Crippen molar-refractivity contribution in [3.05, 3.63) is 40.6 Å². The van der Waals surface area contributed by atoms with Crippen LogP contribution in [0.4, 0.5) is 25.1 Å². The minimum Gasteiger partial charge on any atom is -0.333 e. The molecule has 0 bridgehead atoms. The molecule has 2 heterocycles. The first-order chi connectivity index (χ1) is 10.5. The van der Waals surface area contributed by atoms with E-state index in [1.165, 1.54) is 17.8 Å². The van der Waals surface area contributed by atoms with Crippen molar-refractivity contribution in [1.29, 1.82) is 0 Å². The summed E-state index contributed by atoms with van der Waals surface area (Å²) in [6.45, 7) is 0.0915. The van der Waals surface area contributed by atoms with Crippen molar-refractivity contribution < 1.29 is 13.6 Å². The van der Waals surface area contributed by atoms with Gasteiger partial charge in [0.15, 0.2) is 11.0 Å². The van der Waals surface area contributed by atoms with Crippen LogP contribution >= 0.6 is 23.4 Å². The number of nitrogens with zero attached hydrogens (tertiary/aromatic N) is 3. The number of fused-ring (bicyclic) bond motifs is 1. The monoisotopic (exact) mass is 342 g/mol. The molecule has 1 aromatic carbocycles. The van der Waals surface area contributed by atoms with E-state index in [4.69, 9.17) is 11.6 Å². The normalized spacial score (nSPS) is 13.8. The summed E-state index contributed by atoms with van der Waals surface area (Å²) in [7, 11) is 0. The Hall–Kier alpha value is -1.93. The highest BCUT2D eigenvalue weighted by atomic mass is 35.5. The van der Waals surface area contributed by atoms with Crippen molar-refractivity contribution in [2.24, 2.45) is 0 Å².